The molecule has 0 fully saturated rings. The van der Waals surface area contributed by atoms with Crippen molar-refractivity contribution >= 4 is 40.2 Å². The monoisotopic (exact) mass is 312 g/mol. The summed E-state index contributed by atoms with van der Waals surface area (Å²) in [5.41, 5.74) is 9.07. The summed E-state index contributed by atoms with van der Waals surface area (Å²) in [6.45, 7) is 0. The van der Waals surface area contributed by atoms with Crippen LogP contribution < -0.4 is 5.73 Å². The highest BCUT2D eigenvalue weighted by atomic mass is 35.5. The Bertz CT molecular complexity index is 726. The normalized spacial score (nSPS) is 10.8. The van der Waals surface area contributed by atoms with E-state index in [1.807, 2.05) is 5.38 Å². The van der Waals surface area contributed by atoms with Crippen molar-refractivity contribution in [1.29, 1.82) is 0 Å². The van der Waals surface area contributed by atoms with Crippen LogP contribution in [-0.4, -0.2) is 15.1 Å². The summed E-state index contributed by atoms with van der Waals surface area (Å²) in [5.74, 6) is 0.650. The van der Waals surface area contributed by atoms with E-state index in [1.54, 1.807) is 17.6 Å². The van der Waals surface area contributed by atoms with E-state index in [2.05, 4.69) is 15.1 Å². The number of hydrogen-bond donors (Lipinski definition) is 1. The minimum atomic E-state index is 0.255. The van der Waals surface area contributed by atoms with Crippen LogP contribution >= 0.6 is 34.5 Å². The number of benzene rings is 1. The average Bonchev–Trinajstić information content (AvgIpc) is 3.03. The zero-order valence-corrected chi connectivity index (χ0v) is 11.6. The first-order valence-corrected chi connectivity index (χ1v) is 6.82. The summed E-state index contributed by atoms with van der Waals surface area (Å²) < 4.78 is 5.17. The Morgan fingerprint density at radius 1 is 1.26 bits per heavy atom. The minimum absolute atomic E-state index is 0.255. The van der Waals surface area contributed by atoms with Crippen LogP contribution in [0.4, 0.5) is 5.69 Å². The predicted octanol–water partition coefficient (Wildman–Crippen LogP) is 3.75. The standard InChI is InChI=1S/C11H6Cl2N4OS/c12-5-1-6(9(14)7(13)2-5)11-16-10(17-18-11)8-3-19-4-15-8/h1-4H,14H2. The molecule has 0 radical (unpaired) electrons. The summed E-state index contributed by atoms with van der Waals surface area (Å²) in [6.07, 6.45) is 0. The number of thiazole rings is 1. The molecule has 2 N–H and O–H groups in total. The Balaban J connectivity index is 2.09. The Kier molecular flexibility index (Phi) is 3.14. The Morgan fingerprint density at radius 2 is 2.11 bits per heavy atom. The van der Waals surface area contributed by atoms with Gasteiger partial charge in [-0.05, 0) is 12.1 Å². The van der Waals surface area contributed by atoms with E-state index in [0.29, 0.717) is 32.8 Å². The van der Waals surface area contributed by atoms with Gasteiger partial charge in [-0.1, -0.05) is 28.4 Å². The molecule has 0 saturated heterocycles. The van der Waals surface area contributed by atoms with E-state index >= 15 is 0 Å². The number of nitrogens with two attached hydrogens (primary N) is 1. The van der Waals surface area contributed by atoms with E-state index in [1.165, 1.54) is 11.3 Å². The predicted molar refractivity (Wildman–Crippen MR) is 75.3 cm³/mol. The Labute approximate surface area is 122 Å². The lowest BCUT2D eigenvalue weighted by molar-refractivity contribution is 0.432. The molecular formula is C11H6Cl2N4OS. The molecule has 3 aromatic rings. The number of halogens is 2. The van der Waals surface area contributed by atoms with Gasteiger partial charge in [-0.2, -0.15) is 4.98 Å². The summed E-state index contributed by atoms with van der Waals surface area (Å²) in [6, 6.07) is 3.18. The molecule has 3 rings (SSSR count). The zero-order valence-electron chi connectivity index (χ0n) is 9.30. The van der Waals surface area contributed by atoms with Crippen molar-refractivity contribution in [2.45, 2.75) is 0 Å². The van der Waals surface area contributed by atoms with Gasteiger partial charge >= 0.3 is 0 Å². The molecule has 0 saturated carbocycles. The Morgan fingerprint density at radius 3 is 2.84 bits per heavy atom. The second-order valence-corrected chi connectivity index (χ2v) is 5.21. The fourth-order valence-corrected chi connectivity index (χ4v) is 2.55. The van der Waals surface area contributed by atoms with Gasteiger partial charge in [-0.25, -0.2) is 4.98 Å². The molecule has 0 aliphatic rings. The van der Waals surface area contributed by atoms with E-state index in [4.69, 9.17) is 33.5 Å². The molecule has 0 bridgehead atoms. The van der Waals surface area contributed by atoms with Gasteiger partial charge in [0.25, 0.3) is 5.89 Å². The van der Waals surface area contributed by atoms with Crippen molar-refractivity contribution in [3.63, 3.8) is 0 Å². The van der Waals surface area contributed by atoms with Crippen molar-refractivity contribution in [3.8, 4) is 23.0 Å². The number of hydrogen-bond acceptors (Lipinski definition) is 6. The molecular weight excluding hydrogens is 307 g/mol. The van der Waals surface area contributed by atoms with Gasteiger partial charge in [0, 0.05) is 10.4 Å². The Hall–Kier alpha value is -1.63. The molecule has 0 spiro atoms. The number of aromatic nitrogens is 3. The lowest BCUT2D eigenvalue weighted by Crippen LogP contribution is -1.92. The van der Waals surface area contributed by atoms with Gasteiger partial charge in [-0.3, -0.25) is 0 Å². The SMILES string of the molecule is Nc1c(Cl)cc(Cl)cc1-c1nc(-c2cscn2)no1. The molecule has 19 heavy (non-hydrogen) atoms. The maximum Gasteiger partial charge on any atom is 0.260 e. The molecule has 8 heteroatoms. The third-order valence-electron chi connectivity index (χ3n) is 2.41. The van der Waals surface area contributed by atoms with Crippen LogP contribution in [0.3, 0.4) is 0 Å². The van der Waals surface area contributed by atoms with E-state index in [-0.39, 0.29) is 5.89 Å². The fraction of sp³-hybridized carbons (Fsp3) is 0. The lowest BCUT2D eigenvalue weighted by atomic mass is 10.2. The van der Waals surface area contributed by atoms with Gasteiger partial charge in [0.1, 0.15) is 5.69 Å². The maximum atomic E-state index is 5.97. The molecule has 96 valence electrons. The van der Waals surface area contributed by atoms with Crippen LogP contribution in [0, 0.1) is 0 Å². The van der Waals surface area contributed by atoms with Crippen LogP contribution in [0.2, 0.25) is 10.0 Å². The highest BCUT2D eigenvalue weighted by Gasteiger charge is 2.16. The van der Waals surface area contributed by atoms with E-state index in [0.717, 1.165) is 0 Å². The molecule has 0 aliphatic carbocycles. The molecule has 0 unspecified atom stereocenters. The number of nitrogen functional groups attached to an aromatic ring is 1. The first kappa shape index (κ1) is 12.4. The van der Waals surface area contributed by atoms with E-state index in [9.17, 15) is 0 Å². The molecule has 5 nitrogen and oxygen atoms in total. The van der Waals surface area contributed by atoms with Crippen LogP contribution in [0.1, 0.15) is 0 Å². The van der Waals surface area contributed by atoms with Crippen molar-refractivity contribution in [2.75, 3.05) is 5.73 Å². The van der Waals surface area contributed by atoms with Crippen LogP contribution in [0.5, 0.6) is 0 Å². The van der Waals surface area contributed by atoms with Crippen molar-refractivity contribution in [3.05, 3.63) is 33.1 Å². The minimum Gasteiger partial charge on any atom is -0.397 e. The third kappa shape index (κ3) is 2.30. The summed E-state index contributed by atoms with van der Waals surface area (Å²) in [4.78, 5) is 8.34. The first-order chi connectivity index (χ1) is 9.15. The fourth-order valence-electron chi connectivity index (χ4n) is 1.52. The van der Waals surface area contributed by atoms with Crippen LogP contribution in [-0.2, 0) is 0 Å². The second-order valence-electron chi connectivity index (χ2n) is 3.65. The maximum absolute atomic E-state index is 5.97. The van der Waals surface area contributed by atoms with Crippen LogP contribution in [0.15, 0.2) is 27.5 Å². The smallest absolute Gasteiger partial charge is 0.260 e. The average molecular weight is 313 g/mol. The largest absolute Gasteiger partial charge is 0.397 e. The van der Waals surface area contributed by atoms with Gasteiger partial charge in [0.15, 0.2) is 0 Å². The van der Waals surface area contributed by atoms with Crippen molar-refractivity contribution < 1.29 is 4.52 Å². The first-order valence-electron chi connectivity index (χ1n) is 5.12. The number of anilines is 1. The molecule has 2 heterocycles. The second kappa shape index (κ2) is 4.80. The molecule has 0 aliphatic heterocycles. The molecule has 2 aromatic heterocycles. The number of nitrogens with zero attached hydrogens (tertiary/aromatic N) is 3. The van der Waals surface area contributed by atoms with Crippen molar-refractivity contribution in [1.82, 2.24) is 15.1 Å². The highest BCUT2D eigenvalue weighted by molar-refractivity contribution is 7.07. The highest BCUT2D eigenvalue weighted by Crippen LogP contribution is 2.34. The topological polar surface area (TPSA) is 77.8 Å². The lowest BCUT2D eigenvalue weighted by Gasteiger charge is -2.03. The number of rotatable bonds is 2. The van der Waals surface area contributed by atoms with Crippen LogP contribution in [0.25, 0.3) is 23.0 Å². The van der Waals surface area contributed by atoms with Gasteiger partial charge < -0.3 is 10.3 Å². The van der Waals surface area contributed by atoms with Gasteiger partial charge in [0.05, 0.1) is 21.8 Å². The summed E-state index contributed by atoms with van der Waals surface area (Å²) in [7, 11) is 0. The van der Waals surface area contributed by atoms with E-state index < -0.39 is 0 Å². The summed E-state index contributed by atoms with van der Waals surface area (Å²) >= 11 is 13.4. The van der Waals surface area contributed by atoms with Crippen molar-refractivity contribution in [2.24, 2.45) is 0 Å². The third-order valence-corrected chi connectivity index (χ3v) is 3.53. The molecule has 0 atom stereocenters. The van der Waals surface area contributed by atoms with Gasteiger partial charge in [-0.15, -0.1) is 11.3 Å². The quantitative estimate of drug-likeness (QED) is 0.729. The van der Waals surface area contributed by atoms with Gasteiger partial charge in [0.2, 0.25) is 5.82 Å². The zero-order chi connectivity index (χ0) is 13.4. The summed E-state index contributed by atoms with van der Waals surface area (Å²) in [5, 5.41) is 6.46. The molecule has 0 amide bonds. The molecule has 1 aromatic carbocycles.